The summed E-state index contributed by atoms with van der Waals surface area (Å²) in [6.07, 6.45) is 4.04. The van der Waals surface area contributed by atoms with Crippen molar-refractivity contribution in [1.29, 1.82) is 5.26 Å². The Morgan fingerprint density at radius 2 is 1.88 bits per heavy atom. The van der Waals surface area contributed by atoms with Gasteiger partial charge in [-0.1, -0.05) is 24.3 Å². The van der Waals surface area contributed by atoms with Crippen LogP contribution in [0, 0.1) is 11.5 Å². The zero-order valence-electron chi connectivity index (χ0n) is 13.4. The maximum absolute atomic E-state index is 9.11. The van der Waals surface area contributed by atoms with Crippen molar-refractivity contribution in [2.75, 3.05) is 5.32 Å². The molecular formula is C19H16N4O. The van der Waals surface area contributed by atoms with Crippen LogP contribution in [0.4, 0.5) is 5.95 Å². The van der Waals surface area contributed by atoms with Gasteiger partial charge in [0.1, 0.15) is 11.4 Å². The van der Waals surface area contributed by atoms with Crippen LogP contribution in [0.2, 0.25) is 0 Å². The molecule has 0 fully saturated rings. The lowest BCUT2D eigenvalue weighted by molar-refractivity contribution is 0.157. The Labute approximate surface area is 139 Å². The number of nitrogens with one attached hydrogen (secondary N) is 1. The van der Waals surface area contributed by atoms with E-state index in [1.807, 2.05) is 73.1 Å². The van der Waals surface area contributed by atoms with E-state index in [0.29, 0.717) is 5.95 Å². The van der Waals surface area contributed by atoms with Crippen LogP contribution in [0.25, 0.3) is 16.7 Å². The Hall–Kier alpha value is -3.26. The molecule has 2 aromatic carbocycles. The van der Waals surface area contributed by atoms with Gasteiger partial charge in [0, 0.05) is 5.56 Å². The first-order chi connectivity index (χ1) is 11.6. The second-order valence-electron chi connectivity index (χ2n) is 6.23. The summed E-state index contributed by atoms with van der Waals surface area (Å²) in [5, 5.41) is 11.8. The van der Waals surface area contributed by atoms with Crippen LogP contribution in [0.15, 0.2) is 54.6 Å². The second-order valence-corrected chi connectivity index (χ2v) is 6.23. The SMILES string of the molecule is CC1(C)C=C(n2c(NC#N)nc3ccccc32)c2ccccc2O1. The van der Waals surface area contributed by atoms with Crippen molar-refractivity contribution in [2.45, 2.75) is 19.4 Å². The standard InChI is InChI=1S/C19H16N4O/c1-19(2)11-16(13-7-3-6-10-17(13)24-19)23-15-9-5-4-8-14(15)22-18(23)21-12-20/h3-11H,1-2H3,(H,21,22). The summed E-state index contributed by atoms with van der Waals surface area (Å²) >= 11 is 0. The molecule has 0 atom stereocenters. The summed E-state index contributed by atoms with van der Waals surface area (Å²) in [5.41, 5.74) is 3.24. The number of nitriles is 1. The van der Waals surface area contributed by atoms with Gasteiger partial charge in [-0.25, -0.2) is 4.98 Å². The second kappa shape index (κ2) is 5.14. The Kier molecular flexibility index (Phi) is 3.07. The van der Waals surface area contributed by atoms with Crippen LogP contribution in [0.3, 0.4) is 0 Å². The molecule has 1 N–H and O–H groups in total. The van der Waals surface area contributed by atoms with E-state index >= 15 is 0 Å². The number of aromatic nitrogens is 2. The predicted molar refractivity (Wildman–Crippen MR) is 93.5 cm³/mol. The minimum Gasteiger partial charge on any atom is -0.483 e. The maximum atomic E-state index is 9.11. The van der Waals surface area contributed by atoms with Crippen molar-refractivity contribution in [3.8, 4) is 11.9 Å². The fraction of sp³-hybridized carbons (Fsp3) is 0.158. The summed E-state index contributed by atoms with van der Waals surface area (Å²) < 4.78 is 8.04. The van der Waals surface area contributed by atoms with E-state index < -0.39 is 5.60 Å². The first kappa shape index (κ1) is 14.3. The highest BCUT2D eigenvalue weighted by atomic mass is 16.5. The molecule has 0 spiro atoms. The first-order valence-electron chi connectivity index (χ1n) is 7.73. The van der Waals surface area contributed by atoms with Gasteiger partial charge >= 0.3 is 0 Å². The van der Waals surface area contributed by atoms with Crippen LogP contribution < -0.4 is 10.1 Å². The molecule has 0 radical (unpaired) electrons. The van der Waals surface area contributed by atoms with Crippen molar-refractivity contribution < 1.29 is 4.74 Å². The Morgan fingerprint density at radius 3 is 2.71 bits per heavy atom. The highest BCUT2D eigenvalue weighted by Gasteiger charge is 2.29. The number of fused-ring (bicyclic) bond motifs is 2. The third kappa shape index (κ3) is 2.20. The normalized spacial score (nSPS) is 15.1. The van der Waals surface area contributed by atoms with E-state index in [4.69, 9.17) is 10.00 Å². The van der Waals surface area contributed by atoms with E-state index in [0.717, 1.165) is 28.0 Å². The lowest BCUT2D eigenvalue weighted by Crippen LogP contribution is -2.30. The summed E-state index contributed by atoms with van der Waals surface area (Å²) in [4.78, 5) is 4.55. The number of anilines is 1. The van der Waals surface area contributed by atoms with Crippen LogP contribution in [-0.2, 0) is 0 Å². The van der Waals surface area contributed by atoms with Gasteiger partial charge in [0.15, 0.2) is 6.19 Å². The summed E-state index contributed by atoms with van der Waals surface area (Å²) in [7, 11) is 0. The van der Waals surface area contributed by atoms with E-state index in [1.54, 1.807) is 0 Å². The fourth-order valence-electron chi connectivity index (χ4n) is 3.08. The molecule has 0 bridgehead atoms. The molecule has 1 aliphatic heterocycles. The Bertz CT molecular complexity index is 1010. The first-order valence-corrected chi connectivity index (χ1v) is 7.73. The number of hydrogen-bond donors (Lipinski definition) is 1. The maximum Gasteiger partial charge on any atom is 0.222 e. The van der Waals surface area contributed by atoms with Crippen LogP contribution >= 0.6 is 0 Å². The quantitative estimate of drug-likeness (QED) is 0.573. The van der Waals surface area contributed by atoms with Gasteiger partial charge in [-0.3, -0.25) is 9.88 Å². The number of rotatable bonds is 2. The van der Waals surface area contributed by atoms with Crippen molar-refractivity contribution in [3.05, 3.63) is 60.2 Å². The Morgan fingerprint density at radius 1 is 1.12 bits per heavy atom. The van der Waals surface area contributed by atoms with E-state index in [-0.39, 0.29) is 0 Å². The zero-order valence-corrected chi connectivity index (χ0v) is 13.4. The van der Waals surface area contributed by atoms with Crippen LogP contribution in [0.1, 0.15) is 19.4 Å². The number of para-hydroxylation sites is 3. The molecule has 0 saturated heterocycles. The van der Waals surface area contributed by atoms with Crippen molar-refractivity contribution >= 4 is 22.7 Å². The lowest BCUT2D eigenvalue weighted by Gasteiger charge is -2.31. The molecule has 0 unspecified atom stereocenters. The van der Waals surface area contributed by atoms with E-state index in [2.05, 4.69) is 16.4 Å². The molecule has 5 nitrogen and oxygen atoms in total. The molecule has 3 aromatic rings. The van der Waals surface area contributed by atoms with Crippen LogP contribution in [0.5, 0.6) is 5.75 Å². The smallest absolute Gasteiger partial charge is 0.222 e. The highest BCUT2D eigenvalue weighted by Crippen LogP contribution is 2.39. The molecule has 1 aromatic heterocycles. The number of ether oxygens (including phenoxy) is 1. The number of benzene rings is 2. The van der Waals surface area contributed by atoms with Gasteiger partial charge in [-0.2, -0.15) is 5.26 Å². The third-order valence-electron chi connectivity index (χ3n) is 3.99. The van der Waals surface area contributed by atoms with Gasteiger partial charge in [0.25, 0.3) is 0 Å². The molecule has 0 saturated carbocycles. The average Bonchev–Trinajstić information content (AvgIpc) is 2.91. The molecule has 4 rings (SSSR count). The van der Waals surface area contributed by atoms with Crippen LogP contribution in [-0.4, -0.2) is 15.2 Å². The number of hydrogen-bond acceptors (Lipinski definition) is 4. The molecular weight excluding hydrogens is 300 g/mol. The molecule has 0 amide bonds. The van der Waals surface area contributed by atoms with Gasteiger partial charge in [0.05, 0.1) is 16.7 Å². The third-order valence-corrected chi connectivity index (χ3v) is 3.99. The average molecular weight is 316 g/mol. The minimum atomic E-state index is -0.459. The Balaban J connectivity index is 2.04. The topological polar surface area (TPSA) is 62.9 Å². The van der Waals surface area contributed by atoms with E-state index in [1.165, 1.54) is 0 Å². The fourth-order valence-corrected chi connectivity index (χ4v) is 3.08. The minimum absolute atomic E-state index is 0.459. The van der Waals surface area contributed by atoms with Crippen molar-refractivity contribution in [2.24, 2.45) is 0 Å². The summed E-state index contributed by atoms with van der Waals surface area (Å²) in [6.45, 7) is 4.03. The van der Waals surface area contributed by atoms with E-state index in [9.17, 15) is 0 Å². The molecule has 0 aliphatic carbocycles. The van der Waals surface area contributed by atoms with Gasteiger partial charge < -0.3 is 4.74 Å². The van der Waals surface area contributed by atoms with Crippen molar-refractivity contribution in [3.63, 3.8) is 0 Å². The molecule has 24 heavy (non-hydrogen) atoms. The molecule has 1 aliphatic rings. The molecule has 2 heterocycles. The lowest BCUT2D eigenvalue weighted by atomic mass is 9.99. The summed E-state index contributed by atoms with van der Waals surface area (Å²) in [5.74, 6) is 1.32. The molecule has 118 valence electrons. The number of imidazole rings is 1. The number of nitrogens with zero attached hydrogens (tertiary/aromatic N) is 3. The molecule has 5 heteroatoms. The zero-order chi connectivity index (χ0) is 16.7. The highest BCUT2D eigenvalue weighted by molar-refractivity contribution is 5.88. The van der Waals surface area contributed by atoms with Gasteiger partial charge in [0.2, 0.25) is 5.95 Å². The monoisotopic (exact) mass is 316 g/mol. The predicted octanol–water partition coefficient (Wildman–Crippen LogP) is 3.99. The largest absolute Gasteiger partial charge is 0.483 e. The van der Waals surface area contributed by atoms with Gasteiger partial charge in [-0.15, -0.1) is 0 Å². The van der Waals surface area contributed by atoms with Gasteiger partial charge in [-0.05, 0) is 44.2 Å². The summed E-state index contributed by atoms with van der Waals surface area (Å²) in [6, 6.07) is 15.7. The van der Waals surface area contributed by atoms with Crippen molar-refractivity contribution in [1.82, 2.24) is 9.55 Å².